The quantitative estimate of drug-likeness (QED) is 0.781. The van der Waals surface area contributed by atoms with Gasteiger partial charge in [-0.25, -0.2) is 0 Å². The van der Waals surface area contributed by atoms with Crippen LogP contribution in [0.1, 0.15) is 34.6 Å². The molecule has 94 valence electrons. The third kappa shape index (κ3) is 3.55. The van der Waals surface area contributed by atoms with Crippen molar-refractivity contribution >= 4 is 0 Å². The Morgan fingerprint density at radius 1 is 1.18 bits per heavy atom. The summed E-state index contributed by atoms with van der Waals surface area (Å²) in [4.78, 5) is 1.85. The lowest BCUT2D eigenvalue weighted by molar-refractivity contribution is 0.0342. The Morgan fingerprint density at radius 3 is 2.29 bits per heavy atom. The molecule has 0 unspecified atom stereocenters. The van der Waals surface area contributed by atoms with Gasteiger partial charge in [0.05, 0.1) is 13.2 Å². The van der Waals surface area contributed by atoms with Gasteiger partial charge in [0.15, 0.2) is 0 Å². The maximum atomic E-state index is 8.33. The van der Waals surface area contributed by atoms with Crippen molar-refractivity contribution in [2.24, 2.45) is 0 Å². The third-order valence-electron chi connectivity index (χ3n) is 3.05. The Bertz CT molecular complexity index is 417. The number of hydrogen-bond acceptors (Lipinski definition) is 2. The molecule has 2 rings (SSSR count). The van der Waals surface area contributed by atoms with Crippen molar-refractivity contribution < 1.29 is 7.48 Å². The third-order valence-corrected chi connectivity index (χ3v) is 3.05. The molecule has 1 aromatic carbocycles. The zero-order valence-corrected chi connectivity index (χ0v) is 11.0. The fourth-order valence-corrected chi connectivity index (χ4v) is 1.90. The van der Waals surface area contributed by atoms with Gasteiger partial charge in [0, 0.05) is 22.3 Å². The molecule has 2 heteroatoms. The molecular weight excluding hydrogens is 210 g/mol. The molecule has 17 heavy (non-hydrogen) atoms. The molecule has 0 N–H and O–H groups in total. The van der Waals surface area contributed by atoms with Crippen molar-refractivity contribution in [3.05, 3.63) is 35.4 Å². The zero-order chi connectivity index (χ0) is 14.1. The van der Waals surface area contributed by atoms with Crippen molar-refractivity contribution in [1.29, 1.82) is 0 Å². The van der Waals surface area contributed by atoms with Crippen LogP contribution in [0.25, 0.3) is 0 Å². The van der Waals surface area contributed by atoms with E-state index in [-0.39, 0.29) is 5.41 Å². The van der Waals surface area contributed by atoms with Crippen molar-refractivity contribution in [3.63, 3.8) is 0 Å². The fourth-order valence-electron chi connectivity index (χ4n) is 1.90. The van der Waals surface area contributed by atoms with E-state index < -0.39 is 6.50 Å². The van der Waals surface area contributed by atoms with Gasteiger partial charge >= 0.3 is 0 Å². The van der Waals surface area contributed by atoms with E-state index >= 15 is 0 Å². The summed E-state index contributed by atoms with van der Waals surface area (Å²) in [6, 6.07) is 7.90. The summed E-state index contributed by atoms with van der Waals surface area (Å²) < 4.78 is 21.9. The first-order valence-corrected chi connectivity index (χ1v) is 6.25. The highest BCUT2D eigenvalue weighted by atomic mass is 16.5. The summed E-state index contributed by atoms with van der Waals surface area (Å²) >= 11 is 0. The first-order valence-electron chi connectivity index (χ1n) is 7.25. The summed E-state index contributed by atoms with van der Waals surface area (Å²) in [5.74, 6) is 0. The molecule has 1 aliphatic rings. The molecule has 0 atom stereocenters. The van der Waals surface area contributed by atoms with E-state index in [1.165, 1.54) is 5.56 Å². The molecule has 0 bridgehead atoms. The van der Waals surface area contributed by atoms with Crippen molar-refractivity contribution in [1.82, 2.24) is 4.90 Å². The average Bonchev–Trinajstić information content (AvgIpc) is 2.39. The average molecular weight is 235 g/mol. The second-order valence-corrected chi connectivity index (χ2v) is 5.54. The monoisotopic (exact) mass is 235 g/mol. The number of nitrogens with zero attached hydrogens (tertiary/aromatic N) is 1. The van der Waals surface area contributed by atoms with E-state index in [1.54, 1.807) is 0 Å². The Kier molecular flexibility index (Phi) is 3.09. The van der Waals surface area contributed by atoms with Gasteiger partial charge in [-0.2, -0.15) is 0 Å². The maximum absolute atomic E-state index is 8.33. The standard InChI is InChI=1S/C15H23NO/c1-15(2,3)14-6-4-13(5-7-14)12-16-8-10-17-11-9-16/h4-7H,8-12H2,1-3H3/i12D2. The molecule has 0 saturated carbocycles. The Balaban J connectivity index is 2.20. The minimum Gasteiger partial charge on any atom is -0.379 e. The normalized spacial score (nSPS) is 20.9. The molecule has 0 radical (unpaired) electrons. The van der Waals surface area contributed by atoms with E-state index in [4.69, 9.17) is 7.48 Å². The maximum Gasteiger partial charge on any atom is 0.0594 e. The first-order chi connectivity index (χ1) is 8.82. The second-order valence-electron chi connectivity index (χ2n) is 5.54. The van der Waals surface area contributed by atoms with Crippen LogP contribution in [0, 0.1) is 0 Å². The lowest BCUT2D eigenvalue weighted by Crippen LogP contribution is -2.35. The molecule has 1 aromatic rings. The predicted molar refractivity (Wildman–Crippen MR) is 71.2 cm³/mol. The number of ether oxygens (including phenoxy) is 1. The van der Waals surface area contributed by atoms with Gasteiger partial charge < -0.3 is 4.74 Å². The van der Waals surface area contributed by atoms with E-state index in [1.807, 2.05) is 29.2 Å². The van der Waals surface area contributed by atoms with Gasteiger partial charge in [0.25, 0.3) is 0 Å². The lowest BCUT2D eigenvalue weighted by Gasteiger charge is -2.27. The molecule has 0 aromatic heterocycles. The van der Waals surface area contributed by atoms with Crippen LogP contribution in [0.5, 0.6) is 0 Å². The highest BCUT2D eigenvalue weighted by molar-refractivity contribution is 5.27. The molecule has 0 aliphatic carbocycles. The SMILES string of the molecule is [2H]C([2H])(c1ccc(C(C)(C)C)cc1)N1CCOCC1. The van der Waals surface area contributed by atoms with Gasteiger partial charge in [-0.3, -0.25) is 4.90 Å². The molecule has 1 aliphatic heterocycles. The second kappa shape index (κ2) is 5.19. The highest BCUT2D eigenvalue weighted by Gasteiger charge is 2.14. The predicted octanol–water partition coefficient (Wildman–Crippen LogP) is 2.82. The summed E-state index contributed by atoms with van der Waals surface area (Å²) in [7, 11) is 0. The van der Waals surface area contributed by atoms with Gasteiger partial charge in [-0.1, -0.05) is 45.0 Å². The number of morpholine rings is 1. The number of rotatable bonds is 2. The van der Waals surface area contributed by atoms with Crippen LogP contribution in [0.3, 0.4) is 0 Å². The van der Waals surface area contributed by atoms with Crippen LogP contribution in [0.15, 0.2) is 24.3 Å². The van der Waals surface area contributed by atoms with Crippen LogP contribution in [-0.2, 0) is 16.6 Å². The van der Waals surface area contributed by atoms with E-state index in [0.29, 0.717) is 26.3 Å². The van der Waals surface area contributed by atoms with Crippen LogP contribution < -0.4 is 0 Å². The van der Waals surface area contributed by atoms with Gasteiger partial charge in [0.2, 0.25) is 0 Å². The smallest absolute Gasteiger partial charge is 0.0594 e. The molecular formula is C15H23NO. The van der Waals surface area contributed by atoms with Gasteiger partial charge in [-0.05, 0) is 16.5 Å². The van der Waals surface area contributed by atoms with Gasteiger partial charge in [-0.15, -0.1) is 0 Å². The number of hydrogen-bond donors (Lipinski definition) is 0. The molecule has 2 nitrogen and oxygen atoms in total. The van der Waals surface area contributed by atoms with Crippen molar-refractivity contribution in [3.8, 4) is 0 Å². The van der Waals surface area contributed by atoms with Crippen LogP contribution in [0.2, 0.25) is 0 Å². The first kappa shape index (κ1) is 10.1. The summed E-state index contributed by atoms with van der Waals surface area (Å²) in [6.45, 7) is 7.59. The summed E-state index contributed by atoms with van der Waals surface area (Å²) in [5.41, 5.74) is 2.06. The van der Waals surface area contributed by atoms with Crippen molar-refractivity contribution in [2.75, 3.05) is 26.3 Å². The van der Waals surface area contributed by atoms with Crippen LogP contribution in [0.4, 0.5) is 0 Å². The topological polar surface area (TPSA) is 12.5 Å². The minimum absolute atomic E-state index is 0.101. The fraction of sp³-hybridized carbons (Fsp3) is 0.600. The zero-order valence-electron chi connectivity index (χ0n) is 13.0. The Morgan fingerprint density at radius 2 is 1.76 bits per heavy atom. The largest absolute Gasteiger partial charge is 0.379 e. The van der Waals surface area contributed by atoms with E-state index in [9.17, 15) is 0 Å². The minimum atomic E-state index is -1.42. The van der Waals surface area contributed by atoms with Gasteiger partial charge in [0.1, 0.15) is 0 Å². The Hall–Kier alpha value is -0.860. The van der Waals surface area contributed by atoms with E-state index in [0.717, 1.165) is 5.56 Å². The molecule has 0 amide bonds. The molecule has 1 heterocycles. The van der Waals surface area contributed by atoms with Crippen LogP contribution in [-0.4, -0.2) is 31.2 Å². The molecule has 0 spiro atoms. The molecule has 1 saturated heterocycles. The van der Waals surface area contributed by atoms with E-state index in [2.05, 4.69) is 20.8 Å². The number of benzene rings is 1. The molecule has 1 fully saturated rings. The van der Waals surface area contributed by atoms with Crippen molar-refractivity contribution in [2.45, 2.75) is 32.7 Å². The highest BCUT2D eigenvalue weighted by Crippen LogP contribution is 2.22. The summed E-state index contributed by atoms with van der Waals surface area (Å²) in [6.07, 6.45) is 0. The lowest BCUT2D eigenvalue weighted by atomic mass is 9.87. The Labute approximate surface area is 107 Å². The summed E-state index contributed by atoms with van der Waals surface area (Å²) in [5, 5.41) is 0. The van der Waals surface area contributed by atoms with Crippen LogP contribution >= 0.6 is 0 Å².